The maximum Gasteiger partial charge on any atom is 0.269 e. The second kappa shape index (κ2) is 5.60. The van der Waals surface area contributed by atoms with Crippen LogP contribution >= 0.6 is 0 Å². The lowest BCUT2D eigenvalue weighted by molar-refractivity contribution is 0.0994. The number of carbonyl (C=O) groups is 1. The van der Waals surface area contributed by atoms with Crippen molar-refractivity contribution in [3.8, 4) is 0 Å². The number of primary amides is 1. The molecule has 4 rings (SSSR count). The first-order chi connectivity index (χ1) is 11.2. The van der Waals surface area contributed by atoms with Crippen LogP contribution in [0, 0.1) is 0 Å². The van der Waals surface area contributed by atoms with Crippen LogP contribution in [0.25, 0.3) is 0 Å². The van der Waals surface area contributed by atoms with Crippen LogP contribution in [0.4, 0.5) is 5.82 Å². The van der Waals surface area contributed by atoms with Gasteiger partial charge in [0.05, 0.1) is 0 Å². The van der Waals surface area contributed by atoms with Gasteiger partial charge < -0.3 is 15.2 Å². The molecule has 8 nitrogen and oxygen atoms in total. The molecule has 2 fully saturated rings. The number of piperidine rings is 1. The van der Waals surface area contributed by atoms with Gasteiger partial charge in [-0.15, -0.1) is 10.2 Å². The normalized spacial score (nSPS) is 19.0. The zero-order valence-electron chi connectivity index (χ0n) is 12.7. The van der Waals surface area contributed by atoms with Crippen molar-refractivity contribution in [1.29, 1.82) is 0 Å². The Morgan fingerprint density at radius 1 is 1.13 bits per heavy atom. The van der Waals surface area contributed by atoms with Gasteiger partial charge in [-0.25, -0.2) is 0 Å². The molecule has 0 spiro atoms. The maximum atomic E-state index is 11.0. The van der Waals surface area contributed by atoms with Gasteiger partial charge in [-0.1, -0.05) is 5.16 Å². The third-order valence-corrected chi connectivity index (χ3v) is 4.47. The first-order valence-electron chi connectivity index (χ1n) is 7.92. The number of amides is 1. The Labute approximate surface area is 133 Å². The summed E-state index contributed by atoms with van der Waals surface area (Å²) in [4.78, 5) is 17.7. The van der Waals surface area contributed by atoms with Crippen molar-refractivity contribution in [2.45, 2.75) is 37.5 Å². The number of anilines is 1. The van der Waals surface area contributed by atoms with E-state index in [-0.39, 0.29) is 5.69 Å². The Hall–Kier alpha value is -2.51. The average molecular weight is 314 g/mol. The van der Waals surface area contributed by atoms with E-state index in [0.29, 0.717) is 11.8 Å². The number of carbonyl (C=O) groups excluding carboxylic acids is 1. The first kappa shape index (κ1) is 14.1. The smallest absolute Gasteiger partial charge is 0.269 e. The second-order valence-corrected chi connectivity index (χ2v) is 6.17. The third-order valence-electron chi connectivity index (χ3n) is 4.47. The third kappa shape index (κ3) is 2.88. The first-order valence-corrected chi connectivity index (χ1v) is 7.92. The molecular formula is C15H18N6O2. The van der Waals surface area contributed by atoms with Gasteiger partial charge in [0.1, 0.15) is 0 Å². The van der Waals surface area contributed by atoms with Crippen molar-refractivity contribution in [3.63, 3.8) is 0 Å². The summed E-state index contributed by atoms with van der Waals surface area (Å²) in [6, 6.07) is 3.39. The highest BCUT2D eigenvalue weighted by molar-refractivity contribution is 5.90. The molecule has 0 aromatic carbocycles. The molecule has 3 heterocycles. The van der Waals surface area contributed by atoms with E-state index in [1.54, 1.807) is 12.1 Å². The van der Waals surface area contributed by atoms with Crippen LogP contribution in [0.2, 0.25) is 0 Å². The highest BCUT2D eigenvalue weighted by Gasteiger charge is 2.32. The van der Waals surface area contributed by atoms with Crippen LogP contribution in [0.5, 0.6) is 0 Å². The molecular weight excluding hydrogens is 296 g/mol. The van der Waals surface area contributed by atoms with Crippen molar-refractivity contribution in [2.75, 3.05) is 18.0 Å². The zero-order valence-corrected chi connectivity index (χ0v) is 12.7. The van der Waals surface area contributed by atoms with Crippen molar-refractivity contribution in [2.24, 2.45) is 5.73 Å². The van der Waals surface area contributed by atoms with Gasteiger partial charge in [0.15, 0.2) is 17.3 Å². The van der Waals surface area contributed by atoms with Gasteiger partial charge in [0.2, 0.25) is 5.89 Å². The molecule has 2 aliphatic rings. The molecule has 2 aromatic rings. The molecule has 0 radical (unpaired) electrons. The van der Waals surface area contributed by atoms with E-state index in [2.05, 4.69) is 25.2 Å². The number of hydrogen-bond acceptors (Lipinski definition) is 7. The summed E-state index contributed by atoms with van der Waals surface area (Å²) in [5, 5.41) is 12.1. The van der Waals surface area contributed by atoms with E-state index < -0.39 is 5.91 Å². The van der Waals surface area contributed by atoms with Gasteiger partial charge in [-0.2, -0.15) is 4.98 Å². The lowest BCUT2D eigenvalue weighted by Crippen LogP contribution is -2.34. The molecule has 0 unspecified atom stereocenters. The highest BCUT2D eigenvalue weighted by Crippen LogP contribution is 2.39. The molecule has 2 N–H and O–H groups in total. The standard InChI is InChI=1S/C15H18N6O2/c16-13(22)11-3-4-12(19-18-11)21-7-5-9(6-8-21)14-17-15(23-20-14)10-1-2-10/h3-4,9-10H,1-2,5-8H2,(H2,16,22). The number of hydrogen-bond donors (Lipinski definition) is 1. The topological polar surface area (TPSA) is 111 Å². The van der Waals surface area contributed by atoms with Crippen molar-refractivity contribution >= 4 is 11.7 Å². The molecule has 1 amide bonds. The van der Waals surface area contributed by atoms with Crippen LogP contribution in [0.3, 0.4) is 0 Å². The largest absolute Gasteiger partial charge is 0.364 e. The number of aromatic nitrogens is 4. The molecule has 23 heavy (non-hydrogen) atoms. The van der Waals surface area contributed by atoms with E-state index in [1.165, 1.54) is 12.8 Å². The Balaban J connectivity index is 1.38. The monoisotopic (exact) mass is 314 g/mol. The Kier molecular flexibility index (Phi) is 3.44. The molecule has 2 aromatic heterocycles. The molecule has 0 atom stereocenters. The van der Waals surface area contributed by atoms with Crippen LogP contribution in [0.1, 0.15) is 59.7 Å². The van der Waals surface area contributed by atoms with E-state index in [0.717, 1.165) is 43.5 Å². The van der Waals surface area contributed by atoms with Gasteiger partial charge in [0.25, 0.3) is 5.91 Å². The van der Waals surface area contributed by atoms with Gasteiger partial charge in [-0.3, -0.25) is 4.79 Å². The van der Waals surface area contributed by atoms with Gasteiger partial charge >= 0.3 is 0 Å². The van der Waals surface area contributed by atoms with Crippen LogP contribution in [-0.4, -0.2) is 39.3 Å². The SMILES string of the molecule is NC(=O)c1ccc(N2CCC(c3noc(C4CC4)n3)CC2)nn1. The second-order valence-electron chi connectivity index (χ2n) is 6.17. The molecule has 1 aliphatic heterocycles. The summed E-state index contributed by atoms with van der Waals surface area (Å²) in [6.07, 6.45) is 4.23. The summed E-state index contributed by atoms with van der Waals surface area (Å²) >= 11 is 0. The van der Waals surface area contributed by atoms with E-state index >= 15 is 0 Å². The van der Waals surface area contributed by atoms with Crippen molar-refractivity contribution < 1.29 is 9.32 Å². The summed E-state index contributed by atoms with van der Waals surface area (Å²) in [5.74, 6) is 2.67. The van der Waals surface area contributed by atoms with Crippen molar-refractivity contribution in [3.05, 3.63) is 29.5 Å². The summed E-state index contributed by atoms with van der Waals surface area (Å²) in [6.45, 7) is 1.70. The fourth-order valence-corrected chi connectivity index (χ4v) is 2.90. The average Bonchev–Trinajstić information content (AvgIpc) is 3.32. The zero-order chi connectivity index (χ0) is 15.8. The maximum absolute atomic E-state index is 11.0. The minimum atomic E-state index is -0.564. The molecule has 0 bridgehead atoms. The quantitative estimate of drug-likeness (QED) is 0.903. The fraction of sp³-hybridized carbons (Fsp3) is 0.533. The van der Waals surface area contributed by atoms with E-state index in [1.807, 2.05) is 0 Å². The summed E-state index contributed by atoms with van der Waals surface area (Å²) in [7, 11) is 0. The molecule has 1 saturated heterocycles. The van der Waals surface area contributed by atoms with Crippen LogP contribution < -0.4 is 10.6 Å². The molecule has 120 valence electrons. The predicted octanol–water partition coefficient (Wildman–Crippen LogP) is 1.22. The molecule has 8 heteroatoms. The fourth-order valence-electron chi connectivity index (χ4n) is 2.90. The lowest BCUT2D eigenvalue weighted by atomic mass is 9.96. The number of nitrogens with zero attached hydrogens (tertiary/aromatic N) is 5. The van der Waals surface area contributed by atoms with E-state index in [9.17, 15) is 4.79 Å². The van der Waals surface area contributed by atoms with Crippen LogP contribution in [-0.2, 0) is 0 Å². The Bertz CT molecular complexity index is 701. The van der Waals surface area contributed by atoms with Gasteiger partial charge in [-0.05, 0) is 37.8 Å². The molecule has 1 saturated carbocycles. The Morgan fingerprint density at radius 3 is 2.52 bits per heavy atom. The number of nitrogens with two attached hydrogens (primary N) is 1. The molecule has 1 aliphatic carbocycles. The van der Waals surface area contributed by atoms with Gasteiger partial charge in [0, 0.05) is 24.9 Å². The van der Waals surface area contributed by atoms with E-state index in [4.69, 9.17) is 10.3 Å². The predicted molar refractivity (Wildman–Crippen MR) is 81.0 cm³/mol. The van der Waals surface area contributed by atoms with Crippen molar-refractivity contribution in [1.82, 2.24) is 20.3 Å². The number of rotatable bonds is 4. The minimum absolute atomic E-state index is 0.183. The summed E-state index contributed by atoms with van der Waals surface area (Å²) in [5.41, 5.74) is 5.36. The highest BCUT2D eigenvalue weighted by atomic mass is 16.5. The summed E-state index contributed by atoms with van der Waals surface area (Å²) < 4.78 is 5.35. The Morgan fingerprint density at radius 2 is 1.91 bits per heavy atom. The van der Waals surface area contributed by atoms with Crippen LogP contribution in [0.15, 0.2) is 16.7 Å². The minimum Gasteiger partial charge on any atom is -0.364 e. The lowest BCUT2D eigenvalue weighted by Gasteiger charge is -2.31.